The number of benzene rings is 1. The molecule has 3 nitrogen and oxygen atoms in total. The molecule has 2 N–H and O–H groups in total. The highest BCUT2D eigenvalue weighted by molar-refractivity contribution is 5.44. The van der Waals surface area contributed by atoms with E-state index in [0.29, 0.717) is 5.41 Å². The Hall–Kier alpha value is -1.22. The van der Waals surface area contributed by atoms with Gasteiger partial charge < -0.3 is 15.2 Å². The highest BCUT2D eigenvalue weighted by atomic mass is 16.5. The lowest BCUT2D eigenvalue weighted by molar-refractivity contribution is 0.197. The van der Waals surface area contributed by atoms with Gasteiger partial charge in [0, 0.05) is 11.0 Å². The van der Waals surface area contributed by atoms with Gasteiger partial charge in [-0.15, -0.1) is 0 Å². The summed E-state index contributed by atoms with van der Waals surface area (Å²) in [5.41, 5.74) is 7.36. The second-order valence-electron chi connectivity index (χ2n) is 6.52. The predicted octanol–water partition coefficient (Wildman–Crippen LogP) is 2.52. The minimum absolute atomic E-state index is 0.197. The predicted molar refractivity (Wildman–Crippen MR) is 71.1 cm³/mol. The fourth-order valence-electron chi connectivity index (χ4n) is 2.39. The van der Waals surface area contributed by atoms with Gasteiger partial charge in [0.2, 0.25) is 0 Å². The zero-order valence-electron chi connectivity index (χ0n) is 11.2. The molecule has 0 atom stereocenters. The fourth-order valence-corrected chi connectivity index (χ4v) is 2.39. The summed E-state index contributed by atoms with van der Waals surface area (Å²) < 4.78 is 11.8. The molecule has 3 rings (SSSR count). The Morgan fingerprint density at radius 3 is 2.44 bits per heavy atom. The lowest BCUT2D eigenvalue weighted by Crippen LogP contribution is -2.34. The van der Waals surface area contributed by atoms with Crippen molar-refractivity contribution in [3.8, 4) is 11.5 Å². The second kappa shape index (κ2) is 3.89. The zero-order valence-corrected chi connectivity index (χ0v) is 11.2. The molecule has 0 radical (unpaired) electrons. The van der Waals surface area contributed by atoms with E-state index in [1.807, 2.05) is 19.9 Å². The molecule has 0 unspecified atom stereocenters. The van der Waals surface area contributed by atoms with Crippen molar-refractivity contribution in [2.45, 2.75) is 38.6 Å². The molecule has 1 heterocycles. The fraction of sp³-hybridized carbons (Fsp3) is 0.600. The summed E-state index contributed by atoms with van der Waals surface area (Å²) in [5.74, 6) is 1.75. The number of hydrogen-bond donors (Lipinski definition) is 1. The summed E-state index contributed by atoms with van der Waals surface area (Å²) in [5, 5.41) is 0. The number of hydrogen-bond acceptors (Lipinski definition) is 3. The van der Waals surface area contributed by atoms with Crippen molar-refractivity contribution in [1.29, 1.82) is 0 Å². The maximum Gasteiger partial charge on any atom is 0.161 e. The Balaban J connectivity index is 1.81. The van der Waals surface area contributed by atoms with Crippen molar-refractivity contribution >= 4 is 0 Å². The van der Waals surface area contributed by atoms with Gasteiger partial charge in [0.1, 0.15) is 0 Å². The number of fused-ring (bicyclic) bond motifs is 1. The van der Waals surface area contributed by atoms with E-state index < -0.39 is 0 Å². The third kappa shape index (κ3) is 2.46. The maximum absolute atomic E-state index is 6.06. The summed E-state index contributed by atoms with van der Waals surface area (Å²) in [6.45, 7) is 5.65. The maximum atomic E-state index is 6.06. The first-order valence-corrected chi connectivity index (χ1v) is 6.63. The third-order valence-corrected chi connectivity index (χ3v) is 3.69. The van der Waals surface area contributed by atoms with Crippen LogP contribution in [0.25, 0.3) is 0 Å². The van der Waals surface area contributed by atoms with E-state index in [4.69, 9.17) is 15.2 Å². The molecule has 1 aliphatic carbocycles. The summed E-state index contributed by atoms with van der Waals surface area (Å²) in [6.07, 6.45) is 3.29. The number of nitrogens with two attached hydrogens (primary N) is 1. The van der Waals surface area contributed by atoms with Crippen LogP contribution in [-0.4, -0.2) is 18.8 Å². The molecule has 1 aromatic rings. The van der Waals surface area contributed by atoms with Crippen LogP contribution in [0.1, 0.15) is 32.3 Å². The molecule has 1 saturated carbocycles. The molecular formula is C15H21NO2. The lowest BCUT2D eigenvalue weighted by Gasteiger charge is -2.19. The van der Waals surface area contributed by atoms with Crippen LogP contribution in [0.15, 0.2) is 18.2 Å². The first-order valence-electron chi connectivity index (χ1n) is 6.63. The monoisotopic (exact) mass is 247 g/mol. The van der Waals surface area contributed by atoms with Crippen molar-refractivity contribution in [1.82, 2.24) is 0 Å². The van der Waals surface area contributed by atoms with Crippen LogP contribution >= 0.6 is 0 Å². The van der Waals surface area contributed by atoms with Crippen LogP contribution in [0.5, 0.6) is 11.5 Å². The summed E-state index contributed by atoms with van der Waals surface area (Å²) in [6, 6.07) is 6.17. The highest BCUT2D eigenvalue weighted by Gasteiger charge is 2.46. The molecule has 0 amide bonds. The molecule has 0 bridgehead atoms. The standard InChI is InChI=1S/C15H21NO2/c1-14(2,16)8-11-3-4-12-13(7-11)18-10-15(5-6-15)9-17-12/h3-4,7H,5-6,8-10,16H2,1-2H3. The first-order chi connectivity index (χ1) is 8.46. The van der Waals surface area contributed by atoms with E-state index in [1.165, 1.54) is 18.4 Å². The van der Waals surface area contributed by atoms with Crippen LogP contribution < -0.4 is 15.2 Å². The van der Waals surface area contributed by atoms with Gasteiger partial charge in [0.05, 0.1) is 13.2 Å². The minimum atomic E-state index is -0.197. The van der Waals surface area contributed by atoms with Crippen LogP contribution in [0, 0.1) is 5.41 Å². The molecule has 3 heteroatoms. The van der Waals surface area contributed by atoms with Crippen LogP contribution in [-0.2, 0) is 6.42 Å². The minimum Gasteiger partial charge on any atom is -0.489 e. The molecule has 0 saturated heterocycles. The van der Waals surface area contributed by atoms with Gasteiger partial charge in [0.15, 0.2) is 11.5 Å². The lowest BCUT2D eigenvalue weighted by atomic mass is 9.96. The van der Waals surface area contributed by atoms with E-state index >= 15 is 0 Å². The van der Waals surface area contributed by atoms with E-state index in [-0.39, 0.29) is 5.54 Å². The molecule has 98 valence electrons. The molecule has 1 aliphatic heterocycles. The van der Waals surface area contributed by atoms with Gasteiger partial charge in [-0.05, 0) is 50.8 Å². The SMILES string of the molecule is CC(C)(N)Cc1ccc2c(c1)OCC1(CC1)CO2. The molecule has 0 aromatic heterocycles. The Morgan fingerprint density at radius 1 is 1.17 bits per heavy atom. The zero-order chi connectivity index (χ0) is 12.8. The first kappa shape index (κ1) is 11.8. The van der Waals surface area contributed by atoms with E-state index in [9.17, 15) is 0 Å². The Labute approximate surface area is 108 Å². The smallest absolute Gasteiger partial charge is 0.161 e. The summed E-state index contributed by atoms with van der Waals surface area (Å²) in [7, 11) is 0. The topological polar surface area (TPSA) is 44.5 Å². The summed E-state index contributed by atoms with van der Waals surface area (Å²) >= 11 is 0. The quantitative estimate of drug-likeness (QED) is 0.873. The summed E-state index contributed by atoms with van der Waals surface area (Å²) in [4.78, 5) is 0. The third-order valence-electron chi connectivity index (χ3n) is 3.69. The Bertz CT molecular complexity index is 458. The largest absolute Gasteiger partial charge is 0.489 e. The molecule has 18 heavy (non-hydrogen) atoms. The van der Waals surface area contributed by atoms with Crippen LogP contribution in [0.2, 0.25) is 0 Å². The van der Waals surface area contributed by atoms with Crippen molar-refractivity contribution in [2.75, 3.05) is 13.2 Å². The van der Waals surface area contributed by atoms with Gasteiger partial charge in [0.25, 0.3) is 0 Å². The van der Waals surface area contributed by atoms with Crippen molar-refractivity contribution < 1.29 is 9.47 Å². The average Bonchev–Trinajstić information content (AvgIpc) is 3.06. The molecule has 1 aromatic carbocycles. The Morgan fingerprint density at radius 2 is 1.83 bits per heavy atom. The van der Waals surface area contributed by atoms with Crippen molar-refractivity contribution in [3.63, 3.8) is 0 Å². The van der Waals surface area contributed by atoms with E-state index in [0.717, 1.165) is 31.1 Å². The number of rotatable bonds is 2. The molecule has 1 spiro atoms. The van der Waals surface area contributed by atoms with E-state index in [1.54, 1.807) is 0 Å². The van der Waals surface area contributed by atoms with E-state index in [2.05, 4.69) is 12.1 Å². The second-order valence-corrected chi connectivity index (χ2v) is 6.52. The van der Waals surface area contributed by atoms with Gasteiger partial charge in [-0.2, -0.15) is 0 Å². The molecular weight excluding hydrogens is 226 g/mol. The van der Waals surface area contributed by atoms with Gasteiger partial charge >= 0.3 is 0 Å². The van der Waals surface area contributed by atoms with Gasteiger partial charge in [-0.25, -0.2) is 0 Å². The van der Waals surface area contributed by atoms with Crippen molar-refractivity contribution in [3.05, 3.63) is 23.8 Å². The molecule has 2 aliphatic rings. The normalized spacial score (nSPS) is 20.6. The Kier molecular flexibility index (Phi) is 2.56. The van der Waals surface area contributed by atoms with Crippen LogP contribution in [0.4, 0.5) is 0 Å². The van der Waals surface area contributed by atoms with Crippen LogP contribution in [0.3, 0.4) is 0 Å². The molecule has 1 fully saturated rings. The average molecular weight is 247 g/mol. The van der Waals surface area contributed by atoms with Gasteiger partial charge in [-0.1, -0.05) is 6.07 Å². The van der Waals surface area contributed by atoms with Gasteiger partial charge in [-0.3, -0.25) is 0 Å². The van der Waals surface area contributed by atoms with Crippen molar-refractivity contribution in [2.24, 2.45) is 11.1 Å². The highest BCUT2D eigenvalue weighted by Crippen LogP contribution is 2.49. The number of ether oxygens (including phenoxy) is 2.